The van der Waals surface area contributed by atoms with E-state index >= 15 is 0 Å². The Morgan fingerprint density at radius 2 is 1.96 bits per heavy atom. The Labute approximate surface area is 144 Å². The van der Waals surface area contributed by atoms with E-state index in [1.54, 1.807) is 6.07 Å². The Morgan fingerprint density at radius 1 is 1.28 bits per heavy atom. The molecule has 5 nitrogen and oxygen atoms in total. The van der Waals surface area contributed by atoms with Crippen LogP contribution in [0.1, 0.15) is 11.1 Å². The lowest BCUT2D eigenvalue weighted by Crippen LogP contribution is -2.47. The number of halogens is 5. The number of hydrogen-bond acceptors (Lipinski definition) is 4. The molecule has 2 aromatic rings. The molecule has 0 aliphatic rings. The van der Waals surface area contributed by atoms with Gasteiger partial charge < -0.3 is 0 Å². The molecule has 0 fully saturated rings. The van der Waals surface area contributed by atoms with Crippen LogP contribution in [0.15, 0.2) is 41.6 Å². The van der Waals surface area contributed by atoms with Crippen molar-refractivity contribution in [2.24, 2.45) is 0 Å². The maximum atomic E-state index is 14.8. The van der Waals surface area contributed by atoms with Crippen molar-refractivity contribution in [2.45, 2.75) is 17.1 Å². The quantitative estimate of drug-likeness (QED) is 0.625. The summed E-state index contributed by atoms with van der Waals surface area (Å²) < 4.78 is 80.2. The van der Waals surface area contributed by atoms with Crippen LogP contribution in [0.3, 0.4) is 0 Å². The minimum absolute atomic E-state index is 0.172. The summed E-state index contributed by atoms with van der Waals surface area (Å²) >= 11 is 5.44. The van der Waals surface area contributed by atoms with Gasteiger partial charge >= 0.3 is 0 Å². The summed E-state index contributed by atoms with van der Waals surface area (Å²) in [6, 6.07) is 4.26. The van der Waals surface area contributed by atoms with E-state index in [1.165, 1.54) is 4.72 Å². The standard InChI is InChI=1S/C14H8ClF4N3O2S/c15-11-4-9(1-2-12(11)16)14(19,13(17)18)22-25(23,24)10-3-8(5-20)6-21-7-10/h1-4,6-7,13,22H. The molecule has 0 aliphatic carbocycles. The predicted octanol–water partition coefficient (Wildman–Crippen LogP) is 3.11. The number of alkyl halides is 3. The van der Waals surface area contributed by atoms with Crippen LogP contribution < -0.4 is 4.72 Å². The van der Waals surface area contributed by atoms with Gasteiger partial charge in [0.05, 0.1) is 10.6 Å². The molecule has 1 heterocycles. The number of nitriles is 1. The van der Waals surface area contributed by atoms with Gasteiger partial charge in [0.2, 0.25) is 10.0 Å². The van der Waals surface area contributed by atoms with E-state index in [2.05, 4.69) is 4.98 Å². The summed E-state index contributed by atoms with van der Waals surface area (Å²) in [6.45, 7) is 0. The minimum atomic E-state index is -4.82. The Hall–Kier alpha value is -2.22. The molecule has 0 aliphatic heterocycles. The van der Waals surface area contributed by atoms with Crippen molar-refractivity contribution in [1.82, 2.24) is 9.71 Å². The topological polar surface area (TPSA) is 82.8 Å². The maximum Gasteiger partial charge on any atom is 0.290 e. The molecule has 0 radical (unpaired) electrons. The summed E-state index contributed by atoms with van der Waals surface area (Å²) in [5.41, 5.74) is -1.06. The van der Waals surface area contributed by atoms with Gasteiger partial charge in [0.15, 0.2) is 0 Å². The van der Waals surface area contributed by atoms with E-state index < -0.39 is 43.5 Å². The molecule has 0 spiro atoms. The lowest BCUT2D eigenvalue weighted by atomic mass is 10.1. The number of aromatic nitrogens is 1. The van der Waals surface area contributed by atoms with E-state index in [0.29, 0.717) is 18.2 Å². The van der Waals surface area contributed by atoms with E-state index in [4.69, 9.17) is 16.9 Å². The second-order valence-electron chi connectivity index (χ2n) is 4.77. The summed E-state index contributed by atoms with van der Waals surface area (Å²) in [6.07, 6.45) is -2.04. The highest BCUT2D eigenvalue weighted by Crippen LogP contribution is 2.34. The maximum absolute atomic E-state index is 14.8. The highest BCUT2D eigenvalue weighted by Gasteiger charge is 2.46. The molecule has 1 aromatic carbocycles. The van der Waals surface area contributed by atoms with Crippen molar-refractivity contribution in [3.05, 3.63) is 58.6 Å². The molecule has 0 saturated heterocycles. The van der Waals surface area contributed by atoms with Crippen molar-refractivity contribution in [3.63, 3.8) is 0 Å². The minimum Gasteiger partial charge on any atom is -0.262 e. The lowest BCUT2D eigenvalue weighted by Gasteiger charge is -2.26. The van der Waals surface area contributed by atoms with E-state index in [-0.39, 0.29) is 5.56 Å². The smallest absolute Gasteiger partial charge is 0.262 e. The largest absolute Gasteiger partial charge is 0.290 e. The van der Waals surface area contributed by atoms with E-state index in [0.717, 1.165) is 18.5 Å². The second kappa shape index (κ2) is 6.95. The summed E-state index contributed by atoms with van der Waals surface area (Å²) in [4.78, 5) is 2.78. The number of nitrogens with zero attached hydrogens (tertiary/aromatic N) is 2. The van der Waals surface area contributed by atoms with Gasteiger partial charge in [-0.15, -0.1) is 0 Å². The first-order chi connectivity index (χ1) is 11.6. The SMILES string of the molecule is N#Cc1cncc(S(=O)(=O)NC(F)(c2ccc(F)c(Cl)c2)C(F)F)c1. The molecular weight excluding hydrogens is 386 g/mol. The second-order valence-corrected chi connectivity index (χ2v) is 6.86. The first-order valence-electron chi connectivity index (χ1n) is 6.42. The molecule has 1 N–H and O–H groups in total. The average molecular weight is 394 g/mol. The van der Waals surface area contributed by atoms with E-state index in [1.807, 2.05) is 0 Å². The molecule has 1 aromatic heterocycles. The van der Waals surface area contributed by atoms with Crippen LogP contribution in [-0.4, -0.2) is 19.8 Å². The van der Waals surface area contributed by atoms with Crippen LogP contribution in [0.25, 0.3) is 0 Å². The van der Waals surface area contributed by atoms with Crippen molar-refractivity contribution in [1.29, 1.82) is 5.26 Å². The fourth-order valence-corrected chi connectivity index (χ4v) is 3.21. The zero-order valence-corrected chi connectivity index (χ0v) is 13.6. The third-order valence-electron chi connectivity index (χ3n) is 3.08. The molecule has 1 atom stereocenters. The molecule has 1 unspecified atom stereocenters. The molecular formula is C14H8ClF4N3O2S. The Morgan fingerprint density at radius 3 is 2.52 bits per heavy atom. The molecule has 25 heavy (non-hydrogen) atoms. The molecule has 132 valence electrons. The number of nitrogens with one attached hydrogen (secondary N) is 1. The van der Waals surface area contributed by atoms with Crippen LogP contribution >= 0.6 is 11.6 Å². The fraction of sp³-hybridized carbons (Fsp3) is 0.143. The molecule has 11 heteroatoms. The van der Waals surface area contributed by atoms with Crippen LogP contribution in [0, 0.1) is 17.1 Å². The summed E-state index contributed by atoms with van der Waals surface area (Å²) in [5.74, 6) is -4.87. The van der Waals surface area contributed by atoms with Crippen molar-refractivity contribution >= 4 is 21.6 Å². The van der Waals surface area contributed by atoms with Gasteiger partial charge in [0.1, 0.15) is 16.8 Å². The number of pyridine rings is 1. The van der Waals surface area contributed by atoms with Gasteiger partial charge in [-0.1, -0.05) is 17.7 Å². The molecule has 0 bridgehead atoms. The van der Waals surface area contributed by atoms with Crippen LogP contribution in [-0.2, 0) is 15.8 Å². The number of hydrogen-bond donors (Lipinski definition) is 1. The first kappa shape index (κ1) is 19.1. The van der Waals surface area contributed by atoms with Crippen LogP contribution in [0.4, 0.5) is 17.6 Å². The van der Waals surface area contributed by atoms with Gasteiger partial charge in [-0.25, -0.2) is 26.0 Å². The van der Waals surface area contributed by atoms with Gasteiger partial charge in [-0.2, -0.15) is 9.98 Å². The average Bonchev–Trinajstić information content (AvgIpc) is 2.56. The summed E-state index contributed by atoms with van der Waals surface area (Å²) in [7, 11) is -4.82. The van der Waals surface area contributed by atoms with Crippen molar-refractivity contribution < 1.29 is 26.0 Å². The van der Waals surface area contributed by atoms with Gasteiger partial charge in [0.25, 0.3) is 12.2 Å². The number of benzene rings is 1. The fourth-order valence-electron chi connectivity index (χ4n) is 1.83. The Kier molecular flexibility index (Phi) is 5.31. The van der Waals surface area contributed by atoms with Crippen LogP contribution in [0.2, 0.25) is 5.02 Å². The molecule has 0 amide bonds. The number of sulfonamides is 1. The van der Waals surface area contributed by atoms with Crippen molar-refractivity contribution in [3.8, 4) is 6.07 Å². The normalized spacial score (nSPS) is 14.1. The highest BCUT2D eigenvalue weighted by molar-refractivity contribution is 7.89. The highest BCUT2D eigenvalue weighted by atomic mass is 35.5. The first-order valence-corrected chi connectivity index (χ1v) is 8.28. The third kappa shape index (κ3) is 3.89. The summed E-state index contributed by atoms with van der Waals surface area (Å²) in [5, 5.41) is 8.07. The van der Waals surface area contributed by atoms with Gasteiger partial charge in [0, 0.05) is 18.0 Å². The third-order valence-corrected chi connectivity index (χ3v) is 4.78. The van der Waals surface area contributed by atoms with Crippen LogP contribution in [0.5, 0.6) is 0 Å². The zero-order chi connectivity index (χ0) is 18.8. The zero-order valence-electron chi connectivity index (χ0n) is 12.1. The monoisotopic (exact) mass is 393 g/mol. The van der Waals surface area contributed by atoms with Gasteiger partial charge in [-0.3, -0.25) is 4.98 Å². The van der Waals surface area contributed by atoms with Gasteiger partial charge in [-0.05, 0) is 18.2 Å². The molecule has 2 rings (SSSR count). The Bertz CT molecular complexity index is 949. The van der Waals surface area contributed by atoms with Crippen molar-refractivity contribution in [2.75, 3.05) is 0 Å². The number of rotatable bonds is 5. The molecule has 0 saturated carbocycles. The predicted molar refractivity (Wildman–Crippen MR) is 79.5 cm³/mol. The van der Waals surface area contributed by atoms with E-state index in [9.17, 15) is 26.0 Å². The Balaban J connectivity index is 2.50. The lowest BCUT2D eigenvalue weighted by molar-refractivity contribution is -0.0474.